The summed E-state index contributed by atoms with van der Waals surface area (Å²) in [5.74, 6) is 1.91. The molecule has 1 fully saturated rings. The molecule has 3 aliphatic rings. The molecule has 5 rings (SSSR count). The van der Waals surface area contributed by atoms with Crippen molar-refractivity contribution in [2.45, 2.75) is 25.5 Å². The lowest BCUT2D eigenvalue weighted by Gasteiger charge is -2.37. The zero-order chi connectivity index (χ0) is 17.8. The van der Waals surface area contributed by atoms with Gasteiger partial charge in [0.1, 0.15) is 0 Å². The standard InChI is InChI=1S/C20H18BrNO4/c1-10(23)11-2-3-16-14(6-11)20-12(4-5-24-20)19(22-16)13-7-17-18(8-15(13)21)26-9-25-17/h2-3,6-8,12,19-20,22H,4-5,9H2,1H3/t12-,19-,20-/m1/s1. The number of carbonyl (C=O) groups excluding carboxylic acids is 1. The number of nitrogens with one attached hydrogen (secondary N) is 1. The van der Waals surface area contributed by atoms with Crippen molar-refractivity contribution < 1.29 is 19.0 Å². The minimum Gasteiger partial charge on any atom is -0.454 e. The van der Waals surface area contributed by atoms with E-state index in [0.717, 1.165) is 51.4 Å². The fourth-order valence-corrected chi connectivity index (χ4v) is 4.74. The molecule has 0 aliphatic carbocycles. The van der Waals surface area contributed by atoms with Crippen molar-refractivity contribution in [3.63, 3.8) is 0 Å². The van der Waals surface area contributed by atoms with E-state index in [2.05, 4.69) is 21.2 Å². The Morgan fingerprint density at radius 3 is 2.77 bits per heavy atom. The molecule has 6 heteroatoms. The van der Waals surface area contributed by atoms with Crippen LogP contribution in [0, 0.1) is 5.92 Å². The largest absolute Gasteiger partial charge is 0.454 e. The second-order valence-electron chi connectivity index (χ2n) is 6.95. The third kappa shape index (κ3) is 2.43. The molecule has 5 nitrogen and oxygen atoms in total. The van der Waals surface area contributed by atoms with Gasteiger partial charge in [0.2, 0.25) is 6.79 Å². The highest BCUT2D eigenvalue weighted by Crippen LogP contribution is 2.52. The smallest absolute Gasteiger partial charge is 0.231 e. The molecule has 0 unspecified atom stereocenters. The van der Waals surface area contributed by atoms with Crippen molar-refractivity contribution in [3.05, 3.63) is 51.5 Å². The Morgan fingerprint density at radius 1 is 1.15 bits per heavy atom. The van der Waals surface area contributed by atoms with E-state index in [1.54, 1.807) is 6.92 Å². The first kappa shape index (κ1) is 16.1. The number of ketones is 1. The van der Waals surface area contributed by atoms with E-state index in [0.29, 0.717) is 5.92 Å². The lowest BCUT2D eigenvalue weighted by Crippen LogP contribution is -2.29. The number of hydrogen-bond acceptors (Lipinski definition) is 5. The van der Waals surface area contributed by atoms with Crippen LogP contribution in [-0.2, 0) is 4.74 Å². The van der Waals surface area contributed by atoms with E-state index in [-0.39, 0.29) is 24.7 Å². The van der Waals surface area contributed by atoms with Crippen LogP contribution in [0.5, 0.6) is 11.5 Å². The van der Waals surface area contributed by atoms with Crippen molar-refractivity contribution in [1.29, 1.82) is 0 Å². The fourth-order valence-electron chi connectivity index (χ4n) is 4.17. The molecule has 0 radical (unpaired) electrons. The van der Waals surface area contributed by atoms with E-state index < -0.39 is 0 Å². The Kier molecular flexibility index (Phi) is 3.72. The van der Waals surface area contributed by atoms with Crippen molar-refractivity contribution in [2.24, 2.45) is 5.92 Å². The lowest BCUT2D eigenvalue weighted by molar-refractivity contribution is 0.0827. The highest BCUT2D eigenvalue weighted by Gasteiger charge is 2.42. The highest BCUT2D eigenvalue weighted by atomic mass is 79.9. The van der Waals surface area contributed by atoms with E-state index in [9.17, 15) is 4.79 Å². The number of carbonyl (C=O) groups is 1. The SMILES string of the molecule is CC(=O)c1ccc2c(c1)[C@@H]1OCC[C@@H]1[C@H](c1cc3c(cc1Br)OCO3)N2. The summed E-state index contributed by atoms with van der Waals surface area (Å²) in [6, 6.07) is 9.94. The first-order chi connectivity index (χ1) is 12.6. The van der Waals surface area contributed by atoms with Gasteiger partial charge in [-0.05, 0) is 49.2 Å². The van der Waals surface area contributed by atoms with Crippen LogP contribution in [0.25, 0.3) is 0 Å². The van der Waals surface area contributed by atoms with Crippen LogP contribution in [-0.4, -0.2) is 19.2 Å². The van der Waals surface area contributed by atoms with Gasteiger partial charge in [0.25, 0.3) is 0 Å². The number of halogens is 1. The third-order valence-corrected chi connectivity index (χ3v) is 6.15. The monoisotopic (exact) mass is 415 g/mol. The molecule has 3 heterocycles. The number of Topliss-reactive ketones (excluding diaryl/α,β-unsaturated/α-hetero) is 1. The normalized spacial score (nSPS) is 25.4. The summed E-state index contributed by atoms with van der Waals surface area (Å²) >= 11 is 3.69. The molecular formula is C20H18BrNO4. The molecule has 3 atom stereocenters. The van der Waals surface area contributed by atoms with E-state index >= 15 is 0 Å². The van der Waals surface area contributed by atoms with Gasteiger partial charge in [-0.3, -0.25) is 4.79 Å². The van der Waals surface area contributed by atoms with E-state index in [1.165, 1.54) is 0 Å². The van der Waals surface area contributed by atoms with Crippen molar-refractivity contribution >= 4 is 27.4 Å². The minimum atomic E-state index is -0.00660. The van der Waals surface area contributed by atoms with Crippen LogP contribution < -0.4 is 14.8 Å². The molecule has 0 spiro atoms. The second-order valence-corrected chi connectivity index (χ2v) is 7.81. The number of ether oxygens (including phenoxy) is 3. The van der Waals surface area contributed by atoms with E-state index in [4.69, 9.17) is 14.2 Å². The predicted octanol–water partition coefficient (Wildman–Crippen LogP) is 4.62. The first-order valence-electron chi connectivity index (χ1n) is 8.74. The summed E-state index contributed by atoms with van der Waals surface area (Å²) in [4.78, 5) is 11.8. The van der Waals surface area contributed by atoms with Crippen LogP contribution in [0.2, 0.25) is 0 Å². The molecule has 0 aromatic heterocycles. The van der Waals surface area contributed by atoms with Crippen LogP contribution >= 0.6 is 15.9 Å². The molecule has 2 aromatic rings. The van der Waals surface area contributed by atoms with Crippen LogP contribution in [0.15, 0.2) is 34.8 Å². The fraction of sp³-hybridized carbons (Fsp3) is 0.350. The van der Waals surface area contributed by atoms with Crippen molar-refractivity contribution in [1.82, 2.24) is 0 Å². The molecule has 0 bridgehead atoms. The van der Waals surface area contributed by atoms with Gasteiger partial charge in [0, 0.05) is 33.8 Å². The third-order valence-electron chi connectivity index (χ3n) is 5.47. The van der Waals surface area contributed by atoms with Crippen LogP contribution in [0.1, 0.15) is 47.0 Å². The number of rotatable bonds is 2. The maximum Gasteiger partial charge on any atom is 0.231 e. The predicted molar refractivity (Wildman–Crippen MR) is 99.9 cm³/mol. The van der Waals surface area contributed by atoms with Crippen molar-refractivity contribution in [3.8, 4) is 11.5 Å². The van der Waals surface area contributed by atoms with Gasteiger partial charge in [-0.2, -0.15) is 0 Å². The number of benzene rings is 2. The molecular weight excluding hydrogens is 398 g/mol. The van der Waals surface area contributed by atoms with Gasteiger partial charge >= 0.3 is 0 Å². The molecule has 2 aromatic carbocycles. The average molecular weight is 416 g/mol. The summed E-state index contributed by atoms with van der Waals surface area (Å²) in [5, 5.41) is 3.67. The van der Waals surface area contributed by atoms with Gasteiger partial charge in [0.05, 0.1) is 12.1 Å². The van der Waals surface area contributed by atoms with Gasteiger partial charge in [-0.25, -0.2) is 0 Å². The van der Waals surface area contributed by atoms with Crippen LogP contribution in [0.3, 0.4) is 0 Å². The Balaban J connectivity index is 1.59. The lowest BCUT2D eigenvalue weighted by atomic mass is 9.80. The molecule has 1 saturated heterocycles. The minimum absolute atomic E-state index is 0.00660. The molecule has 134 valence electrons. The molecule has 0 amide bonds. The van der Waals surface area contributed by atoms with Crippen LogP contribution in [0.4, 0.5) is 5.69 Å². The quantitative estimate of drug-likeness (QED) is 0.724. The Morgan fingerprint density at radius 2 is 1.96 bits per heavy atom. The summed E-state index contributed by atoms with van der Waals surface area (Å²) in [5.41, 5.74) is 3.96. The van der Waals surface area contributed by atoms with E-state index in [1.807, 2.05) is 30.3 Å². The maximum atomic E-state index is 11.8. The van der Waals surface area contributed by atoms with Gasteiger partial charge in [0.15, 0.2) is 17.3 Å². The molecule has 26 heavy (non-hydrogen) atoms. The Bertz CT molecular complexity index is 913. The number of anilines is 1. The highest BCUT2D eigenvalue weighted by molar-refractivity contribution is 9.10. The molecule has 3 aliphatic heterocycles. The number of hydrogen-bond donors (Lipinski definition) is 1. The molecule has 0 saturated carbocycles. The first-order valence-corrected chi connectivity index (χ1v) is 9.53. The summed E-state index contributed by atoms with van der Waals surface area (Å²) < 4.78 is 18.1. The van der Waals surface area contributed by atoms with Crippen molar-refractivity contribution in [2.75, 3.05) is 18.7 Å². The average Bonchev–Trinajstić information content (AvgIpc) is 3.29. The Hall–Kier alpha value is -2.05. The summed E-state index contributed by atoms with van der Waals surface area (Å²) in [7, 11) is 0. The number of fused-ring (bicyclic) bond motifs is 4. The zero-order valence-electron chi connectivity index (χ0n) is 14.3. The van der Waals surface area contributed by atoms with Gasteiger partial charge in [-0.1, -0.05) is 15.9 Å². The maximum absolute atomic E-state index is 11.8. The zero-order valence-corrected chi connectivity index (χ0v) is 15.8. The second kappa shape index (κ2) is 5.99. The summed E-state index contributed by atoms with van der Waals surface area (Å²) in [6.07, 6.45) is 0.959. The Labute approximate surface area is 159 Å². The van der Waals surface area contributed by atoms with Gasteiger partial charge in [-0.15, -0.1) is 0 Å². The topological polar surface area (TPSA) is 56.8 Å². The summed E-state index contributed by atoms with van der Waals surface area (Å²) in [6.45, 7) is 2.58. The molecule has 1 N–H and O–H groups in total. The van der Waals surface area contributed by atoms with Gasteiger partial charge < -0.3 is 19.5 Å².